The lowest BCUT2D eigenvalue weighted by Crippen LogP contribution is -2.23. The Hall–Kier alpha value is -2.50. The summed E-state index contributed by atoms with van der Waals surface area (Å²) < 4.78 is 15.0. The molecule has 0 radical (unpaired) electrons. The van der Waals surface area contributed by atoms with Crippen molar-refractivity contribution in [2.75, 3.05) is 5.32 Å². The first-order valence-corrected chi connectivity index (χ1v) is 8.15. The van der Waals surface area contributed by atoms with Crippen LogP contribution in [0.3, 0.4) is 0 Å². The third kappa shape index (κ3) is 2.62. The normalized spacial score (nSPS) is 20.3. The van der Waals surface area contributed by atoms with E-state index in [0.717, 1.165) is 28.8 Å². The smallest absolute Gasteiger partial charge is 0.163 e. The van der Waals surface area contributed by atoms with E-state index < -0.39 is 0 Å². The molecular weight excluding hydrogens is 305 g/mol. The van der Waals surface area contributed by atoms with E-state index in [1.165, 1.54) is 12.1 Å². The van der Waals surface area contributed by atoms with Crippen molar-refractivity contribution in [1.29, 1.82) is 0 Å². The van der Waals surface area contributed by atoms with Crippen molar-refractivity contribution in [3.63, 3.8) is 0 Å². The van der Waals surface area contributed by atoms with Crippen molar-refractivity contribution < 1.29 is 4.39 Å². The third-order valence-electron chi connectivity index (χ3n) is 4.41. The molecule has 5 nitrogen and oxygen atoms in total. The minimum Gasteiger partial charge on any atom is -0.366 e. The number of hydrogen-bond acceptors (Lipinski definition) is 4. The van der Waals surface area contributed by atoms with Gasteiger partial charge in [-0.3, -0.25) is 0 Å². The number of aromatic nitrogens is 4. The second-order valence-electron chi connectivity index (χ2n) is 7.33. The second kappa shape index (κ2) is 5.26. The lowest BCUT2D eigenvalue weighted by molar-refractivity contribution is 0.366. The van der Waals surface area contributed by atoms with Gasteiger partial charge in [-0.15, -0.1) is 0 Å². The van der Waals surface area contributed by atoms with E-state index in [0.29, 0.717) is 12.0 Å². The first-order chi connectivity index (χ1) is 11.4. The van der Waals surface area contributed by atoms with Crippen LogP contribution in [0.15, 0.2) is 36.8 Å². The minimum absolute atomic E-state index is 0.135. The van der Waals surface area contributed by atoms with Crippen LogP contribution in [0.1, 0.15) is 38.7 Å². The van der Waals surface area contributed by atoms with Crippen LogP contribution in [0.4, 0.5) is 10.2 Å². The predicted molar refractivity (Wildman–Crippen MR) is 91.5 cm³/mol. The Kier molecular flexibility index (Phi) is 3.30. The molecule has 3 aromatic rings. The fourth-order valence-corrected chi connectivity index (χ4v) is 3.06. The Labute approximate surface area is 139 Å². The fourth-order valence-electron chi connectivity index (χ4n) is 3.06. The lowest BCUT2D eigenvalue weighted by Gasteiger charge is -2.19. The van der Waals surface area contributed by atoms with Crippen LogP contribution in [0, 0.1) is 5.82 Å². The van der Waals surface area contributed by atoms with E-state index in [1.807, 2.05) is 23.0 Å². The molecule has 1 fully saturated rings. The summed E-state index contributed by atoms with van der Waals surface area (Å²) in [6.45, 7) is 6.29. The Morgan fingerprint density at radius 2 is 1.92 bits per heavy atom. The molecule has 1 aromatic carbocycles. The summed E-state index contributed by atoms with van der Waals surface area (Å²) in [7, 11) is 0. The van der Waals surface area contributed by atoms with E-state index in [1.54, 1.807) is 6.33 Å². The number of halogens is 1. The van der Waals surface area contributed by atoms with Gasteiger partial charge in [0.25, 0.3) is 0 Å². The zero-order valence-electron chi connectivity index (χ0n) is 14.0. The number of rotatable bonds is 3. The molecule has 0 unspecified atom stereocenters. The zero-order chi connectivity index (χ0) is 16.9. The van der Waals surface area contributed by atoms with Crippen molar-refractivity contribution in [3.05, 3.63) is 48.2 Å². The topological polar surface area (TPSA) is 55.6 Å². The summed E-state index contributed by atoms with van der Waals surface area (Å²) in [4.78, 5) is 8.78. The van der Waals surface area contributed by atoms with Crippen LogP contribution in [0.2, 0.25) is 0 Å². The lowest BCUT2D eigenvalue weighted by atomic mass is 10.1. The molecule has 1 aliphatic carbocycles. The van der Waals surface area contributed by atoms with Gasteiger partial charge < -0.3 is 5.32 Å². The Balaban J connectivity index is 1.58. The van der Waals surface area contributed by atoms with Crippen LogP contribution < -0.4 is 5.32 Å². The van der Waals surface area contributed by atoms with E-state index in [9.17, 15) is 4.39 Å². The van der Waals surface area contributed by atoms with Crippen molar-refractivity contribution in [1.82, 2.24) is 19.7 Å². The monoisotopic (exact) mass is 325 g/mol. The SMILES string of the molecule is CC(C)(C)n1ncc2c(N[C@@H]3C[C@H]3c3ccc(F)cc3)ncnc21. The van der Waals surface area contributed by atoms with Gasteiger partial charge in [-0.05, 0) is 44.9 Å². The Morgan fingerprint density at radius 3 is 2.62 bits per heavy atom. The van der Waals surface area contributed by atoms with E-state index >= 15 is 0 Å². The van der Waals surface area contributed by atoms with E-state index in [4.69, 9.17) is 0 Å². The van der Waals surface area contributed by atoms with Gasteiger partial charge in [0, 0.05) is 12.0 Å². The highest BCUT2D eigenvalue weighted by Crippen LogP contribution is 2.43. The number of fused-ring (bicyclic) bond motifs is 1. The van der Waals surface area contributed by atoms with Gasteiger partial charge >= 0.3 is 0 Å². The summed E-state index contributed by atoms with van der Waals surface area (Å²) in [6, 6.07) is 7.05. The van der Waals surface area contributed by atoms with Crippen LogP contribution in [0.5, 0.6) is 0 Å². The summed E-state index contributed by atoms with van der Waals surface area (Å²) >= 11 is 0. The molecule has 1 N–H and O–H groups in total. The van der Waals surface area contributed by atoms with Gasteiger partial charge in [0.1, 0.15) is 18.0 Å². The molecule has 6 heteroatoms. The number of anilines is 1. The van der Waals surface area contributed by atoms with Gasteiger partial charge in [-0.2, -0.15) is 5.10 Å². The molecule has 1 saturated carbocycles. The van der Waals surface area contributed by atoms with Gasteiger partial charge in [-0.25, -0.2) is 19.0 Å². The second-order valence-corrected chi connectivity index (χ2v) is 7.33. The Morgan fingerprint density at radius 1 is 1.17 bits per heavy atom. The standard InChI is InChI=1S/C18H20FN5/c1-18(2,3)24-17-14(9-22-24)16(20-10-21-17)23-15-8-13(15)11-4-6-12(19)7-5-11/h4-7,9-10,13,15H,8H2,1-3H3,(H,20,21,23)/t13-,15+/m0/s1. The number of nitrogens with zero attached hydrogens (tertiary/aromatic N) is 4. The average Bonchev–Trinajstić information content (AvgIpc) is 3.13. The molecule has 4 rings (SSSR count). The van der Waals surface area contributed by atoms with Gasteiger partial charge in [0.15, 0.2) is 5.65 Å². The minimum atomic E-state index is -0.198. The highest BCUT2D eigenvalue weighted by Gasteiger charge is 2.39. The van der Waals surface area contributed by atoms with Gasteiger partial charge in [0.2, 0.25) is 0 Å². The first kappa shape index (κ1) is 15.1. The number of nitrogens with one attached hydrogen (secondary N) is 1. The molecule has 0 bridgehead atoms. The summed E-state index contributed by atoms with van der Waals surface area (Å²) in [5.41, 5.74) is 1.85. The molecule has 124 valence electrons. The van der Waals surface area contributed by atoms with E-state index in [2.05, 4.69) is 41.2 Å². The molecule has 2 aromatic heterocycles. The molecule has 0 aliphatic heterocycles. The first-order valence-electron chi connectivity index (χ1n) is 8.15. The van der Waals surface area contributed by atoms with Crippen molar-refractivity contribution >= 4 is 16.9 Å². The third-order valence-corrected chi connectivity index (χ3v) is 4.41. The summed E-state index contributed by atoms with van der Waals surface area (Å²) in [6.07, 6.45) is 4.41. The van der Waals surface area contributed by atoms with Gasteiger partial charge in [-0.1, -0.05) is 12.1 Å². The maximum Gasteiger partial charge on any atom is 0.163 e. The van der Waals surface area contributed by atoms with Crippen LogP contribution in [0.25, 0.3) is 11.0 Å². The molecule has 2 heterocycles. The van der Waals surface area contributed by atoms with E-state index in [-0.39, 0.29) is 11.4 Å². The molecule has 0 spiro atoms. The van der Waals surface area contributed by atoms with Crippen LogP contribution in [-0.4, -0.2) is 25.8 Å². The summed E-state index contributed by atoms with van der Waals surface area (Å²) in [5, 5.41) is 8.89. The predicted octanol–water partition coefficient (Wildman–Crippen LogP) is 3.69. The summed E-state index contributed by atoms with van der Waals surface area (Å²) in [5.74, 6) is 1.01. The maximum atomic E-state index is 13.0. The van der Waals surface area contributed by atoms with Crippen molar-refractivity contribution in [2.45, 2.75) is 44.7 Å². The maximum absolute atomic E-state index is 13.0. The molecule has 24 heavy (non-hydrogen) atoms. The zero-order valence-corrected chi connectivity index (χ0v) is 14.0. The highest BCUT2D eigenvalue weighted by molar-refractivity contribution is 5.86. The number of benzene rings is 1. The fraction of sp³-hybridized carbons (Fsp3) is 0.389. The van der Waals surface area contributed by atoms with Gasteiger partial charge in [0.05, 0.1) is 17.1 Å². The number of hydrogen-bond donors (Lipinski definition) is 1. The quantitative estimate of drug-likeness (QED) is 0.798. The van der Waals surface area contributed by atoms with Crippen molar-refractivity contribution in [3.8, 4) is 0 Å². The van der Waals surface area contributed by atoms with Crippen molar-refractivity contribution in [2.24, 2.45) is 0 Å². The Bertz CT molecular complexity index is 879. The van der Waals surface area contributed by atoms with Crippen LogP contribution >= 0.6 is 0 Å². The molecule has 0 saturated heterocycles. The van der Waals surface area contributed by atoms with Crippen LogP contribution in [-0.2, 0) is 5.54 Å². The highest BCUT2D eigenvalue weighted by atomic mass is 19.1. The molecule has 0 amide bonds. The largest absolute Gasteiger partial charge is 0.366 e. The molecule has 1 aliphatic rings. The molecule has 2 atom stereocenters. The average molecular weight is 325 g/mol. The molecular formula is C18H20FN5.